The van der Waals surface area contributed by atoms with Gasteiger partial charge in [0.1, 0.15) is 11.3 Å². The number of anilines is 1. The lowest BCUT2D eigenvalue weighted by Crippen LogP contribution is -2.46. The maximum Gasteiger partial charge on any atom is 0.258 e. The van der Waals surface area contributed by atoms with E-state index in [9.17, 15) is 4.79 Å². The lowest BCUT2D eigenvalue weighted by atomic mass is 9.92. The van der Waals surface area contributed by atoms with E-state index in [4.69, 9.17) is 4.98 Å². The molecular formula is C26H31N7O. The van der Waals surface area contributed by atoms with Crippen molar-refractivity contribution in [1.29, 1.82) is 0 Å². The Labute approximate surface area is 198 Å². The van der Waals surface area contributed by atoms with E-state index in [-0.39, 0.29) is 5.56 Å². The first-order valence-electron chi connectivity index (χ1n) is 12.4. The fourth-order valence-electron chi connectivity index (χ4n) is 5.89. The number of rotatable bonds is 4. The summed E-state index contributed by atoms with van der Waals surface area (Å²) in [6.07, 6.45) is 7.13. The van der Waals surface area contributed by atoms with Gasteiger partial charge in [-0.15, -0.1) is 0 Å². The molecule has 2 unspecified atom stereocenters. The molecule has 176 valence electrons. The summed E-state index contributed by atoms with van der Waals surface area (Å²) < 4.78 is 3.51. The molecule has 34 heavy (non-hydrogen) atoms. The van der Waals surface area contributed by atoms with Crippen LogP contribution in [0, 0.1) is 12.8 Å². The average molecular weight is 458 g/mol. The molecule has 6 heterocycles. The predicted molar refractivity (Wildman–Crippen MR) is 134 cm³/mol. The molecule has 2 aliphatic heterocycles. The van der Waals surface area contributed by atoms with Gasteiger partial charge in [0.2, 0.25) is 0 Å². The van der Waals surface area contributed by atoms with E-state index in [2.05, 4.69) is 39.8 Å². The summed E-state index contributed by atoms with van der Waals surface area (Å²) in [4.78, 5) is 27.6. The van der Waals surface area contributed by atoms with Crippen molar-refractivity contribution in [2.24, 2.45) is 5.92 Å². The summed E-state index contributed by atoms with van der Waals surface area (Å²) in [6.45, 7) is 10.7. The van der Waals surface area contributed by atoms with Crippen LogP contribution in [-0.4, -0.2) is 61.1 Å². The van der Waals surface area contributed by atoms with Gasteiger partial charge in [0.05, 0.1) is 34.5 Å². The van der Waals surface area contributed by atoms with E-state index in [1.165, 1.54) is 19.4 Å². The standard InChI is InChI=1S/C26H31N7O/c1-4-20-24-12-22(29-33(24)14-17(3)27-20)21-13-26(34)32-16-19(6-7-25(32)28-21)31-11-9-23-18(15-31)8-10-30(23)5-2/h6-7,12-14,16,18,23H,4-5,8-11,15H2,1-3H3. The van der Waals surface area contributed by atoms with E-state index >= 15 is 0 Å². The van der Waals surface area contributed by atoms with Gasteiger partial charge < -0.3 is 9.80 Å². The average Bonchev–Trinajstić information content (AvgIpc) is 3.46. The van der Waals surface area contributed by atoms with E-state index in [1.807, 2.05) is 36.0 Å². The summed E-state index contributed by atoms with van der Waals surface area (Å²) in [7, 11) is 0. The normalized spacial score (nSPS) is 21.0. The molecule has 2 fully saturated rings. The van der Waals surface area contributed by atoms with Crippen LogP contribution in [-0.2, 0) is 6.42 Å². The first-order chi connectivity index (χ1) is 16.5. The molecule has 0 spiro atoms. The molecule has 4 aromatic rings. The molecule has 6 rings (SSSR count). The zero-order chi connectivity index (χ0) is 23.4. The van der Waals surface area contributed by atoms with Crippen LogP contribution < -0.4 is 10.5 Å². The van der Waals surface area contributed by atoms with Crippen molar-refractivity contribution >= 4 is 16.9 Å². The summed E-state index contributed by atoms with van der Waals surface area (Å²) >= 11 is 0. The molecule has 4 aromatic heterocycles. The molecule has 8 nitrogen and oxygen atoms in total. The summed E-state index contributed by atoms with van der Waals surface area (Å²) in [5, 5.41) is 4.69. The van der Waals surface area contributed by atoms with E-state index < -0.39 is 0 Å². The van der Waals surface area contributed by atoms with E-state index in [1.54, 1.807) is 10.5 Å². The Bertz CT molecular complexity index is 1440. The number of likely N-dealkylation sites (tertiary alicyclic amines) is 1. The van der Waals surface area contributed by atoms with Crippen molar-refractivity contribution in [3.8, 4) is 11.4 Å². The Morgan fingerprint density at radius 1 is 1.03 bits per heavy atom. The number of pyridine rings is 1. The van der Waals surface area contributed by atoms with Crippen LogP contribution in [0.4, 0.5) is 5.69 Å². The van der Waals surface area contributed by atoms with Crippen LogP contribution >= 0.6 is 0 Å². The van der Waals surface area contributed by atoms with Gasteiger partial charge in [0.15, 0.2) is 0 Å². The van der Waals surface area contributed by atoms with Gasteiger partial charge >= 0.3 is 0 Å². The Hall–Kier alpha value is -3.26. The molecule has 0 N–H and O–H groups in total. The largest absolute Gasteiger partial charge is 0.370 e. The molecule has 2 atom stereocenters. The Morgan fingerprint density at radius 3 is 2.74 bits per heavy atom. The van der Waals surface area contributed by atoms with Crippen molar-refractivity contribution in [3.05, 3.63) is 58.4 Å². The Morgan fingerprint density at radius 2 is 1.91 bits per heavy atom. The van der Waals surface area contributed by atoms with Crippen LogP contribution in [0.1, 0.15) is 38.1 Å². The molecule has 0 saturated carbocycles. The monoisotopic (exact) mass is 457 g/mol. The maximum atomic E-state index is 13.1. The summed E-state index contributed by atoms with van der Waals surface area (Å²) in [5.74, 6) is 0.711. The van der Waals surface area contributed by atoms with Crippen molar-refractivity contribution < 1.29 is 0 Å². The van der Waals surface area contributed by atoms with Crippen LogP contribution in [0.3, 0.4) is 0 Å². The third-order valence-corrected chi connectivity index (χ3v) is 7.61. The Kier molecular flexibility index (Phi) is 5.13. The highest BCUT2D eigenvalue weighted by Crippen LogP contribution is 2.33. The zero-order valence-electron chi connectivity index (χ0n) is 20.1. The second-order valence-corrected chi connectivity index (χ2v) is 9.62. The quantitative estimate of drug-likeness (QED) is 0.469. The topological polar surface area (TPSA) is 71.0 Å². The third kappa shape index (κ3) is 3.48. The molecule has 0 aliphatic carbocycles. The zero-order valence-corrected chi connectivity index (χ0v) is 20.1. The van der Waals surface area contributed by atoms with Gasteiger partial charge in [-0.25, -0.2) is 9.50 Å². The Balaban J connectivity index is 1.33. The molecule has 0 aromatic carbocycles. The molecule has 0 radical (unpaired) electrons. The molecule has 2 aliphatic rings. The minimum atomic E-state index is -0.0863. The van der Waals surface area contributed by atoms with Gasteiger partial charge in [-0.2, -0.15) is 5.10 Å². The molecule has 2 saturated heterocycles. The molecule has 0 amide bonds. The smallest absolute Gasteiger partial charge is 0.258 e. The van der Waals surface area contributed by atoms with Crippen LogP contribution in [0.5, 0.6) is 0 Å². The van der Waals surface area contributed by atoms with Crippen molar-refractivity contribution in [2.75, 3.05) is 31.1 Å². The maximum absolute atomic E-state index is 13.1. The number of piperidine rings is 1. The number of aromatic nitrogens is 5. The number of hydrogen-bond donors (Lipinski definition) is 0. The fraction of sp³-hybridized carbons (Fsp3) is 0.462. The second-order valence-electron chi connectivity index (χ2n) is 9.62. The van der Waals surface area contributed by atoms with Crippen molar-refractivity contribution in [1.82, 2.24) is 28.9 Å². The van der Waals surface area contributed by atoms with Gasteiger partial charge in [0, 0.05) is 31.4 Å². The predicted octanol–water partition coefficient (Wildman–Crippen LogP) is 3.20. The van der Waals surface area contributed by atoms with Crippen molar-refractivity contribution in [3.63, 3.8) is 0 Å². The number of hydrogen-bond acceptors (Lipinski definition) is 6. The van der Waals surface area contributed by atoms with Crippen molar-refractivity contribution in [2.45, 2.75) is 46.1 Å². The van der Waals surface area contributed by atoms with Crippen LogP contribution in [0.15, 0.2) is 41.5 Å². The first kappa shape index (κ1) is 21.3. The van der Waals surface area contributed by atoms with E-state index in [0.29, 0.717) is 29.0 Å². The summed E-state index contributed by atoms with van der Waals surface area (Å²) in [5.41, 5.74) is 5.80. The highest BCUT2D eigenvalue weighted by Gasteiger charge is 2.37. The minimum absolute atomic E-state index is 0.0863. The van der Waals surface area contributed by atoms with Gasteiger partial charge in [-0.3, -0.25) is 14.2 Å². The minimum Gasteiger partial charge on any atom is -0.370 e. The first-order valence-corrected chi connectivity index (χ1v) is 12.4. The van der Waals surface area contributed by atoms with Gasteiger partial charge in [-0.1, -0.05) is 13.8 Å². The highest BCUT2D eigenvalue weighted by atomic mass is 16.1. The number of fused-ring (bicyclic) bond motifs is 3. The highest BCUT2D eigenvalue weighted by molar-refractivity contribution is 5.66. The van der Waals surface area contributed by atoms with Crippen LogP contribution in [0.25, 0.3) is 22.6 Å². The molecule has 0 bridgehead atoms. The third-order valence-electron chi connectivity index (χ3n) is 7.61. The van der Waals surface area contributed by atoms with Crippen LogP contribution in [0.2, 0.25) is 0 Å². The lowest BCUT2D eigenvalue weighted by molar-refractivity contribution is 0.210. The summed E-state index contributed by atoms with van der Waals surface area (Å²) in [6, 6.07) is 8.34. The SMILES string of the molecule is CCc1nc(C)cn2nc(-c3cc(=O)n4cc(N5CCC6C(CCN6CC)C5)ccc4n3)cc12. The lowest BCUT2D eigenvalue weighted by Gasteiger charge is -2.39. The fourth-order valence-corrected chi connectivity index (χ4v) is 5.89. The van der Waals surface area contributed by atoms with E-state index in [0.717, 1.165) is 48.6 Å². The van der Waals surface area contributed by atoms with Gasteiger partial charge in [0.25, 0.3) is 5.56 Å². The van der Waals surface area contributed by atoms with Gasteiger partial charge in [-0.05, 0) is 63.4 Å². The number of aryl methyl sites for hydroxylation is 2. The molecular weight excluding hydrogens is 426 g/mol. The second kappa shape index (κ2) is 8.20. The number of nitrogens with zero attached hydrogens (tertiary/aromatic N) is 7. The molecule has 8 heteroatoms.